The molecule has 0 aliphatic heterocycles. The van der Waals surface area contributed by atoms with Gasteiger partial charge in [0.2, 0.25) is 5.69 Å². The van der Waals surface area contributed by atoms with E-state index >= 15 is 0 Å². The second-order valence-corrected chi connectivity index (χ2v) is 8.82. The first-order chi connectivity index (χ1) is 14.3. The third-order valence-corrected chi connectivity index (χ3v) is 5.83. The third-order valence-electron chi connectivity index (χ3n) is 5.83. The molecule has 0 unspecified atom stereocenters. The van der Waals surface area contributed by atoms with Crippen LogP contribution in [0.15, 0.2) is 55.0 Å². The second-order valence-electron chi connectivity index (χ2n) is 8.82. The molecule has 3 heteroatoms. The summed E-state index contributed by atoms with van der Waals surface area (Å²) >= 11 is 0. The Bertz CT molecular complexity index is 1220. The molecule has 0 aliphatic rings. The minimum absolute atomic E-state index is 0.553. The Morgan fingerprint density at radius 1 is 0.933 bits per heavy atom. The average molecular weight is 397 g/mol. The molecular formula is C27H30N3+. The fourth-order valence-electron chi connectivity index (χ4n) is 4.16. The summed E-state index contributed by atoms with van der Waals surface area (Å²) in [4.78, 5) is 9.24. The highest BCUT2D eigenvalue weighted by Crippen LogP contribution is 2.32. The van der Waals surface area contributed by atoms with Crippen molar-refractivity contribution >= 4 is 10.8 Å². The predicted molar refractivity (Wildman–Crippen MR) is 124 cm³/mol. The molecule has 2 aromatic heterocycles. The summed E-state index contributed by atoms with van der Waals surface area (Å²) in [5.41, 5.74) is 8.68. The van der Waals surface area contributed by atoms with Gasteiger partial charge in [-0.3, -0.25) is 0 Å². The van der Waals surface area contributed by atoms with Crippen LogP contribution in [-0.2, 0) is 13.5 Å². The van der Waals surface area contributed by atoms with Crippen LogP contribution in [0.3, 0.4) is 0 Å². The number of hydrogen-bond acceptors (Lipinski definition) is 2. The van der Waals surface area contributed by atoms with Crippen molar-refractivity contribution in [3.8, 4) is 22.4 Å². The van der Waals surface area contributed by atoms with Crippen molar-refractivity contribution in [1.29, 1.82) is 0 Å². The van der Waals surface area contributed by atoms with E-state index < -0.39 is 0 Å². The van der Waals surface area contributed by atoms with E-state index in [1.54, 1.807) is 0 Å². The van der Waals surface area contributed by atoms with Crippen LogP contribution in [0.2, 0.25) is 0 Å². The van der Waals surface area contributed by atoms with Gasteiger partial charge in [0.25, 0.3) is 0 Å². The number of pyridine rings is 1. The largest absolute Gasteiger partial charge is 0.241 e. The van der Waals surface area contributed by atoms with Crippen molar-refractivity contribution < 1.29 is 4.57 Å². The molecule has 0 spiro atoms. The number of aromatic nitrogens is 3. The lowest BCUT2D eigenvalue weighted by Gasteiger charge is -2.12. The lowest BCUT2D eigenvalue weighted by atomic mass is 9.94. The highest BCUT2D eigenvalue weighted by molar-refractivity contribution is 5.97. The van der Waals surface area contributed by atoms with E-state index in [-0.39, 0.29) is 0 Å². The Morgan fingerprint density at radius 2 is 1.67 bits per heavy atom. The topological polar surface area (TPSA) is 29.7 Å². The van der Waals surface area contributed by atoms with E-state index in [0.717, 1.165) is 17.8 Å². The Hall–Kier alpha value is -3.07. The van der Waals surface area contributed by atoms with Crippen LogP contribution in [0.25, 0.3) is 33.2 Å². The SMILES string of the molecule is Cc1cc(C)c(C)c(-c2cc3c(-c4cnc(CC(C)C)nc4)cccc3c[n+]2C)c1. The quantitative estimate of drug-likeness (QED) is 0.401. The van der Waals surface area contributed by atoms with E-state index in [1.807, 2.05) is 12.4 Å². The van der Waals surface area contributed by atoms with E-state index in [1.165, 1.54) is 44.3 Å². The van der Waals surface area contributed by atoms with E-state index in [2.05, 4.69) is 98.8 Å². The Kier molecular flexibility index (Phi) is 5.38. The highest BCUT2D eigenvalue weighted by atomic mass is 14.9. The number of fused-ring (bicyclic) bond motifs is 1. The molecule has 4 rings (SSSR count). The molecule has 0 saturated carbocycles. The van der Waals surface area contributed by atoms with E-state index in [9.17, 15) is 0 Å². The van der Waals surface area contributed by atoms with Crippen LogP contribution in [0, 0.1) is 26.7 Å². The molecule has 0 radical (unpaired) electrons. The molecule has 152 valence electrons. The first-order valence-corrected chi connectivity index (χ1v) is 10.7. The van der Waals surface area contributed by atoms with Crippen molar-refractivity contribution in [2.45, 2.75) is 41.0 Å². The van der Waals surface area contributed by atoms with Gasteiger partial charge < -0.3 is 0 Å². The van der Waals surface area contributed by atoms with Crippen LogP contribution in [0.4, 0.5) is 0 Å². The van der Waals surface area contributed by atoms with Gasteiger partial charge in [-0.1, -0.05) is 37.6 Å². The second kappa shape index (κ2) is 7.98. The molecular weight excluding hydrogens is 366 g/mol. The van der Waals surface area contributed by atoms with E-state index in [4.69, 9.17) is 0 Å². The first-order valence-electron chi connectivity index (χ1n) is 10.7. The van der Waals surface area contributed by atoms with Crippen LogP contribution >= 0.6 is 0 Å². The van der Waals surface area contributed by atoms with Gasteiger partial charge in [0.05, 0.1) is 0 Å². The molecule has 0 aliphatic carbocycles. The zero-order valence-corrected chi connectivity index (χ0v) is 18.8. The lowest BCUT2D eigenvalue weighted by Crippen LogP contribution is -2.30. The third kappa shape index (κ3) is 3.85. The van der Waals surface area contributed by atoms with Gasteiger partial charge in [0, 0.05) is 46.8 Å². The predicted octanol–water partition coefficient (Wildman–Crippen LogP) is 5.91. The van der Waals surface area contributed by atoms with Crippen LogP contribution in [-0.4, -0.2) is 9.97 Å². The van der Waals surface area contributed by atoms with Crippen molar-refractivity contribution in [2.24, 2.45) is 13.0 Å². The number of hydrogen-bond donors (Lipinski definition) is 0. The van der Waals surface area contributed by atoms with Crippen molar-refractivity contribution in [3.63, 3.8) is 0 Å². The Labute approximate surface area is 179 Å². The van der Waals surface area contributed by atoms with Gasteiger partial charge in [-0.05, 0) is 55.5 Å². The maximum atomic E-state index is 4.62. The Morgan fingerprint density at radius 3 is 2.37 bits per heavy atom. The molecule has 4 aromatic rings. The van der Waals surface area contributed by atoms with Crippen LogP contribution in [0.5, 0.6) is 0 Å². The summed E-state index contributed by atoms with van der Waals surface area (Å²) in [6.07, 6.45) is 7.06. The van der Waals surface area contributed by atoms with Crippen LogP contribution < -0.4 is 4.57 Å². The smallest absolute Gasteiger partial charge is 0.213 e. The van der Waals surface area contributed by atoms with Gasteiger partial charge in [-0.25, -0.2) is 14.5 Å². The van der Waals surface area contributed by atoms with E-state index in [0.29, 0.717) is 5.92 Å². The first kappa shape index (κ1) is 20.2. The normalized spacial score (nSPS) is 11.4. The fraction of sp³-hybridized carbons (Fsp3) is 0.296. The monoisotopic (exact) mass is 396 g/mol. The molecule has 2 aromatic carbocycles. The maximum absolute atomic E-state index is 4.62. The van der Waals surface area contributed by atoms with Gasteiger partial charge in [-0.15, -0.1) is 0 Å². The molecule has 0 atom stereocenters. The fourth-order valence-corrected chi connectivity index (χ4v) is 4.16. The summed E-state index contributed by atoms with van der Waals surface area (Å²) < 4.78 is 2.23. The number of benzene rings is 2. The van der Waals surface area contributed by atoms with Gasteiger partial charge >= 0.3 is 0 Å². The van der Waals surface area contributed by atoms with Crippen molar-refractivity contribution in [2.75, 3.05) is 0 Å². The maximum Gasteiger partial charge on any atom is 0.213 e. The highest BCUT2D eigenvalue weighted by Gasteiger charge is 2.17. The molecule has 0 amide bonds. The zero-order valence-electron chi connectivity index (χ0n) is 18.8. The number of rotatable bonds is 4. The number of aryl methyl sites for hydroxylation is 3. The molecule has 2 heterocycles. The molecule has 0 bridgehead atoms. The van der Waals surface area contributed by atoms with Crippen LogP contribution in [0.1, 0.15) is 36.4 Å². The lowest BCUT2D eigenvalue weighted by molar-refractivity contribution is -0.659. The number of nitrogens with zero attached hydrogens (tertiary/aromatic N) is 3. The van der Waals surface area contributed by atoms with Crippen molar-refractivity contribution in [1.82, 2.24) is 9.97 Å². The molecule has 30 heavy (non-hydrogen) atoms. The summed E-state index contributed by atoms with van der Waals surface area (Å²) in [6, 6.07) is 13.3. The zero-order chi connectivity index (χ0) is 21.4. The van der Waals surface area contributed by atoms with Gasteiger partial charge in [0.15, 0.2) is 6.20 Å². The van der Waals surface area contributed by atoms with Crippen molar-refractivity contribution in [3.05, 3.63) is 77.5 Å². The molecule has 3 nitrogen and oxygen atoms in total. The molecule has 0 saturated heterocycles. The Balaban J connectivity index is 1.88. The summed E-state index contributed by atoms with van der Waals surface area (Å²) in [5, 5.41) is 2.44. The summed E-state index contributed by atoms with van der Waals surface area (Å²) in [6.45, 7) is 10.9. The minimum atomic E-state index is 0.553. The summed E-state index contributed by atoms with van der Waals surface area (Å²) in [5.74, 6) is 1.46. The van der Waals surface area contributed by atoms with Gasteiger partial charge in [-0.2, -0.15) is 0 Å². The average Bonchev–Trinajstić information content (AvgIpc) is 2.70. The molecule has 0 N–H and O–H groups in total. The molecule has 0 fully saturated rings. The summed E-state index contributed by atoms with van der Waals surface area (Å²) in [7, 11) is 2.13. The van der Waals surface area contributed by atoms with Gasteiger partial charge in [0.1, 0.15) is 12.9 Å². The standard InChI is InChI=1S/C27H30N3/c1-17(2)10-27-28-14-22(15-29-27)23-9-7-8-21-16-30(6)26(13-25(21)23)24-12-18(3)11-19(4)20(24)5/h7-9,11-17H,10H2,1-6H3/q+1. The minimum Gasteiger partial charge on any atom is -0.241 e.